The van der Waals surface area contributed by atoms with E-state index in [9.17, 15) is 18.4 Å². The van der Waals surface area contributed by atoms with Crippen LogP contribution in [-0.2, 0) is 22.6 Å². The maximum atomic E-state index is 14.3. The number of fused-ring (bicyclic) bond motifs is 1. The van der Waals surface area contributed by atoms with Crippen LogP contribution in [0.15, 0.2) is 66.7 Å². The van der Waals surface area contributed by atoms with Gasteiger partial charge in [0.25, 0.3) is 0 Å². The first-order valence-electron chi connectivity index (χ1n) is 11.3. The molecule has 0 spiro atoms. The third-order valence-electron chi connectivity index (χ3n) is 5.39. The summed E-state index contributed by atoms with van der Waals surface area (Å²) in [6, 6.07) is 17.3. The summed E-state index contributed by atoms with van der Waals surface area (Å²) in [5, 5.41) is 9.54. The molecule has 0 bridgehead atoms. The van der Waals surface area contributed by atoms with Gasteiger partial charge in [-0.3, -0.25) is 4.79 Å². The van der Waals surface area contributed by atoms with Gasteiger partial charge in [-0.2, -0.15) is 0 Å². The largest absolute Gasteiger partial charge is 0.487 e. The number of carbonyl (C=O) groups excluding carboxylic acids is 1. The number of benzene rings is 3. The second-order valence-corrected chi connectivity index (χ2v) is 9.34. The van der Waals surface area contributed by atoms with Crippen LogP contribution in [0.5, 0.6) is 5.75 Å². The highest BCUT2D eigenvalue weighted by atomic mass is 19.1. The lowest BCUT2D eigenvalue weighted by Gasteiger charge is -2.21. The molecule has 4 rings (SSSR count). The number of carboxylic acids is 1. The molecule has 0 fully saturated rings. The fraction of sp³-hybridized carbons (Fsp3) is 0.214. The Labute approximate surface area is 206 Å². The monoisotopic (exact) mass is 493 g/mol. The number of hydrogen-bond acceptors (Lipinski definition) is 4. The average molecular weight is 494 g/mol. The topological polar surface area (TPSA) is 77.8 Å². The molecule has 4 aromatic rings. The third kappa shape index (κ3) is 5.71. The Kier molecular flexibility index (Phi) is 6.79. The summed E-state index contributed by atoms with van der Waals surface area (Å²) in [5.41, 5.74) is 1.57. The Morgan fingerprint density at radius 3 is 2.25 bits per heavy atom. The molecule has 0 aliphatic heterocycles. The van der Waals surface area contributed by atoms with E-state index >= 15 is 0 Å². The van der Waals surface area contributed by atoms with Crippen molar-refractivity contribution in [1.82, 2.24) is 4.57 Å². The van der Waals surface area contributed by atoms with Gasteiger partial charge < -0.3 is 14.6 Å². The molecular formula is C28H25F2NO5. The van der Waals surface area contributed by atoms with Crippen LogP contribution >= 0.6 is 0 Å². The molecule has 6 nitrogen and oxygen atoms in total. The van der Waals surface area contributed by atoms with Crippen molar-refractivity contribution >= 4 is 23.0 Å². The summed E-state index contributed by atoms with van der Waals surface area (Å²) >= 11 is 0. The Balaban J connectivity index is 1.54. The number of halogens is 2. The molecule has 0 amide bonds. The molecule has 36 heavy (non-hydrogen) atoms. The molecule has 3 aromatic carbocycles. The normalized spacial score (nSPS) is 11.5. The first-order valence-corrected chi connectivity index (χ1v) is 11.3. The lowest BCUT2D eigenvalue weighted by molar-refractivity contribution is -0.136. The lowest BCUT2D eigenvalue weighted by atomic mass is 10.0. The van der Waals surface area contributed by atoms with Crippen LogP contribution in [0.3, 0.4) is 0 Å². The average Bonchev–Trinajstić information content (AvgIpc) is 3.15. The van der Waals surface area contributed by atoms with Gasteiger partial charge in [0, 0.05) is 5.39 Å². The van der Waals surface area contributed by atoms with Gasteiger partial charge in [-0.05, 0) is 79.9 Å². The molecule has 0 aliphatic rings. The molecule has 0 aliphatic carbocycles. The van der Waals surface area contributed by atoms with Gasteiger partial charge in [-0.1, -0.05) is 24.3 Å². The summed E-state index contributed by atoms with van der Waals surface area (Å²) in [7, 11) is 0. The first kappa shape index (κ1) is 24.9. The van der Waals surface area contributed by atoms with Crippen LogP contribution in [0.25, 0.3) is 22.0 Å². The van der Waals surface area contributed by atoms with Crippen molar-refractivity contribution in [2.45, 2.75) is 39.4 Å². The van der Waals surface area contributed by atoms with E-state index < -0.39 is 29.3 Å². The van der Waals surface area contributed by atoms with E-state index in [1.54, 1.807) is 63.2 Å². The molecule has 8 heteroatoms. The summed E-state index contributed by atoms with van der Waals surface area (Å²) in [6.45, 7) is 5.27. The zero-order chi connectivity index (χ0) is 26.0. The Bertz CT molecular complexity index is 1440. The number of aromatic nitrogens is 1. The van der Waals surface area contributed by atoms with Gasteiger partial charge in [-0.25, -0.2) is 18.1 Å². The van der Waals surface area contributed by atoms with Crippen molar-refractivity contribution in [3.63, 3.8) is 0 Å². The Hall–Kier alpha value is -4.20. The zero-order valence-corrected chi connectivity index (χ0v) is 20.0. The molecule has 1 N–H and O–H groups in total. The van der Waals surface area contributed by atoms with Crippen LogP contribution in [0.4, 0.5) is 13.6 Å². The molecule has 0 saturated carbocycles. The molecule has 1 heterocycles. The fourth-order valence-electron chi connectivity index (χ4n) is 3.79. The number of hydrogen-bond donors (Lipinski definition) is 1. The quantitative estimate of drug-likeness (QED) is 0.328. The molecular weight excluding hydrogens is 468 g/mol. The minimum atomic E-state index is -1.10. The maximum absolute atomic E-state index is 14.3. The predicted molar refractivity (Wildman–Crippen MR) is 131 cm³/mol. The smallest absolute Gasteiger partial charge is 0.419 e. The van der Waals surface area contributed by atoms with Gasteiger partial charge in [0.1, 0.15) is 29.6 Å². The molecule has 0 unspecified atom stereocenters. The summed E-state index contributed by atoms with van der Waals surface area (Å²) in [4.78, 5) is 23.7. The van der Waals surface area contributed by atoms with E-state index in [1.807, 2.05) is 0 Å². The van der Waals surface area contributed by atoms with Gasteiger partial charge in [-0.15, -0.1) is 0 Å². The van der Waals surface area contributed by atoms with E-state index in [2.05, 4.69) is 0 Å². The van der Waals surface area contributed by atoms with Crippen molar-refractivity contribution in [1.29, 1.82) is 0 Å². The standard InChI is InChI=1S/C28H25F2NO5/c1-28(2,3)36-27(34)31-22(12-20-6-9-21(29)15-25(20)31)16-35-23-10-7-17(8-11-23)18-4-5-19(14-26(32)33)24(30)13-18/h4-13,15H,14,16H2,1-3H3,(H,32,33). The van der Waals surface area contributed by atoms with Crippen LogP contribution < -0.4 is 4.74 Å². The highest BCUT2D eigenvalue weighted by Gasteiger charge is 2.22. The van der Waals surface area contributed by atoms with Gasteiger partial charge in [0.05, 0.1) is 17.6 Å². The van der Waals surface area contributed by atoms with Gasteiger partial charge in [0.2, 0.25) is 0 Å². The van der Waals surface area contributed by atoms with E-state index in [1.165, 1.54) is 28.8 Å². The number of carbonyl (C=O) groups is 2. The second-order valence-electron chi connectivity index (χ2n) is 9.34. The molecule has 0 atom stereocenters. The van der Waals surface area contributed by atoms with Crippen molar-refractivity contribution < 1.29 is 33.0 Å². The third-order valence-corrected chi connectivity index (χ3v) is 5.39. The number of nitrogens with zero attached hydrogens (tertiary/aromatic N) is 1. The second kappa shape index (κ2) is 9.81. The van der Waals surface area contributed by atoms with Crippen molar-refractivity contribution in [2.24, 2.45) is 0 Å². The highest BCUT2D eigenvalue weighted by Crippen LogP contribution is 2.27. The van der Waals surface area contributed by atoms with Gasteiger partial charge in [0.15, 0.2) is 0 Å². The first-order chi connectivity index (χ1) is 17.0. The van der Waals surface area contributed by atoms with Crippen LogP contribution in [0.1, 0.15) is 32.0 Å². The minimum Gasteiger partial charge on any atom is -0.487 e. The van der Waals surface area contributed by atoms with E-state index in [-0.39, 0.29) is 18.6 Å². The molecule has 0 saturated heterocycles. The van der Waals surface area contributed by atoms with Gasteiger partial charge >= 0.3 is 12.1 Å². The highest BCUT2D eigenvalue weighted by molar-refractivity contribution is 5.91. The number of aliphatic carboxylic acids is 1. The minimum absolute atomic E-state index is 0.0212. The van der Waals surface area contributed by atoms with E-state index in [0.29, 0.717) is 27.9 Å². The molecule has 186 valence electrons. The maximum Gasteiger partial charge on any atom is 0.419 e. The van der Waals surface area contributed by atoms with Crippen LogP contribution in [0, 0.1) is 11.6 Å². The number of rotatable bonds is 6. The van der Waals surface area contributed by atoms with Crippen molar-refractivity contribution in [3.05, 3.63) is 89.6 Å². The molecule has 0 radical (unpaired) electrons. The summed E-state index contributed by atoms with van der Waals surface area (Å²) in [5.74, 6) is -1.64. The van der Waals surface area contributed by atoms with E-state index in [0.717, 1.165) is 5.56 Å². The molecule has 1 aromatic heterocycles. The van der Waals surface area contributed by atoms with Crippen molar-refractivity contribution in [2.75, 3.05) is 0 Å². The Morgan fingerprint density at radius 2 is 1.61 bits per heavy atom. The lowest BCUT2D eigenvalue weighted by Crippen LogP contribution is -2.28. The predicted octanol–water partition coefficient (Wildman–Crippen LogP) is 6.58. The summed E-state index contributed by atoms with van der Waals surface area (Å²) in [6.07, 6.45) is -1.02. The van der Waals surface area contributed by atoms with Crippen LogP contribution in [-0.4, -0.2) is 27.3 Å². The van der Waals surface area contributed by atoms with Crippen molar-refractivity contribution in [3.8, 4) is 16.9 Å². The van der Waals surface area contributed by atoms with E-state index in [4.69, 9.17) is 14.6 Å². The summed E-state index contributed by atoms with van der Waals surface area (Å²) < 4.78 is 40.9. The number of carboxylic acid groups (broad SMARTS) is 1. The number of ether oxygens (including phenoxy) is 2. The Morgan fingerprint density at radius 1 is 0.917 bits per heavy atom. The zero-order valence-electron chi connectivity index (χ0n) is 20.0. The van der Waals surface area contributed by atoms with Crippen LogP contribution in [0.2, 0.25) is 0 Å². The SMILES string of the molecule is CC(C)(C)OC(=O)n1c(COc2ccc(-c3ccc(CC(=O)O)c(F)c3)cc2)cc2ccc(F)cc21. The fourth-order valence-corrected chi connectivity index (χ4v) is 3.79.